The minimum Gasteiger partial charge on any atom is -0.497 e. The van der Waals surface area contributed by atoms with Crippen LogP contribution in [-0.4, -0.2) is 24.8 Å². The van der Waals surface area contributed by atoms with Gasteiger partial charge < -0.3 is 14.8 Å². The number of hydrogen-bond donors (Lipinski definition) is 1. The van der Waals surface area contributed by atoms with E-state index in [1.165, 1.54) is 11.8 Å². The van der Waals surface area contributed by atoms with Crippen molar-refractivity contribution < 1.29 is 14.3 Å². The lowest BCUT2D eigenvalue weighted by Crippen LogP contribution is -2.19. The standard InChI is InChI=1S/C23H26N2O3S/c1-6-28-20-11-15(4)16(12-19(20)14(2)3)13-21-22(26)25-23(29-21)24-17-7-9-18(27-5)10-8-17/h7-14H,6H2,1-5H3,(H,24,25,26)/b21-13+. The number of thioether (sulfide) groups is 1. The summed E-state index contributed by atoms with van der Waals surface area (Å²) in [5.74, 6) is 1.87. The van der Waals surface area contributed by atoms with Gasteiger partial charge in [0.15, 0.2) is 5.17 Å². The highest BCUT2D eigenvalue weighted by Crippen LogP contribution is 2.33. The molecule has 1 saturated heterocycles. The summed E-state index contributed by atoms with van der Waals surface area (Å²) in [5.41, 5.74) is 3.98. The number of methoxy groups -OCH3 is 1. The van der Waals surface area contributed by atoms with Crippen LogP contribution in [0.3, 0.4) is 0 Å². The maximum absolute atomic E-state index is 12.5. The highest BCUT2D eigenvalue weighted by Gasteiger charge is 2.24. The zero-order valence-corrected chi connectivity index (χ0v) is 18.2. The molecular weight excluding hydrogens is 384 g/mol. The highest BCUT2D eigenvalue weighted by atomic mass is 32.2. The number of nitrogens with one attached hydrogen (secondary N) is 1. The lowest BCUT2D eigenvalue weighted by atomic mass is 9.96. The van der Waals surface area contributed by atoms with Gasteiger partial charge in [-0.3, -0.25) is 4.79 Å². The molecule has 1 aliphatic heterocycles. The van der Waals surface area contributed by atoms with Crippen LogP contribution in [-0.2, 0) is 4.79 Å². The summed E-state index contributed by atoms with van der Waals surface area (Å²) in [5, 5.41) is 3.41. The van der Waals surface area contributed by atoms with Gasteiger partial charge >= 0.3 is 0 Å². The van der Waals surface area contributed by atoms with Gasteiger partial charge in [0.2, 0.25) is 0 Å². The number of aliphatic imine (C=N–C) groups is 1. The maximum atomic E-state index is 12.5. The van der Waals surface area contributed by atoms with Crippen molar-refractivity contribution in [1.82, 2.24) is 5.32 Å². The van der Waals surface area contributed by atoms with E-state index >= 15 is 0 Å². The molecule has 29 heavy (non-hydrogen) atoms. The quantitative estimate of drug-likeness (QED) is 0.646. The first-order chi connectivity index (χ1) is 13.9. The van der Waals surface area contributed by atoms with E-state index in [1.807, 2.05) is 44.2 Å². The molecule has 3 rings (SSSR count). The third kappa shape index (κ3) is 5.01. The number of aryl methyl sites for hydroxylation is 1. The largest absolute Gasteiger partial charge is 0.497 e. The predicted octanol–water partition coefficient (Wildman–Crippen LogP) is 5.42. The molecule has 0 aromatic heterocycles. The van der Waals surface area contributed by atoms with Gasteiger partial charge in [0.25, 0.3) is 5.91 Å². The molecule has 0 atom stereocenters. The van der Waals surface area contributed by atoms with E-state index in [-0.39, 0.29) is 5.91 Å². The second-order valence-corrected chi connectivity index (χ2v) is 8.04. The van der Waals surface area contributed by atoms with E-state index in [4.69, 9.17) is 9.47 Å². The third-order valence-corrected chi connectivity index (χ3v) is 5.47. The summed E-state index contributed by atoms with van der Waals surface area (Å²) in [4.78, 5) is 17.6. The summed E-state index contributed by atoms with van der Waals surface area (Å²) >= 11 is 1.34. The summed E-state index contributed by atoms with van der Waals surface area (Å²) in [6.07, 6.45) is 1.92. The number of carbonyl (C=O) groups is 1. The Labute approximate surface area is 176 Å². The topological polar surface area (TPSA) is 59.9 Å². The monoisotopic (exact) mass is 410 g/mol. The van der Waals surface area contributed by atoms with Gasteiger partial charge in [0.05, 0.1) is 24.3 Å². The fourth-order valence-electron chi connectivity index (χ4n) is 3.00. The first-order valence-corrected chi connectivity index (χ1v) is 10.4. The fraction of sp³-hybridized carbons (Fsp3) is 0.304. The summed E-state index contributed by atoms with van der Waals surface area (Å²) in [7, 11) is 1.62. The molecule has 0 unspecified atom stereocenters. The smallest absolute Gasteiger partial charge is 0.264 e. The SMILES string of the molecule is CCOc1cc(C)c(/C=C2/SC(=Nc3ccc(OC)cc3)NC2=O)cc1C(C)C. The van der Waals surface area contributed by atoms with E-state index in [0.29, 0.717) is 22.6 Å². The average molecular weight is 411 g/mol. The van der Waals surface area contributed by atoms with Crippen molar-refractivity contribution in [3.63, 3.8) is 0 Å². The molecule has 1 fully saturated rings. The molecule has 1 heterocycles. The Morgan fingerprint density at radius 2 is 1.93 bits per heavy atom. The molecule has 2 aromatic rings. The van der Waals surface area contributed by atoms with Crippen molar-refractivity contribution in [2.45, 2.75) is 33.6 Å². The number of carbonyl (C=O) groups excluding carboxylic acids is 1. The zero-order chi connectivity index (χ0) is 21.0. The van der Waals surface area contributed by atoms with E-state index in [1.54, 1.807) is 7.11 Å². The van der Waals surface area contributed by atoms with Crippen LogP contribution in [0.5, 0.6) is 11.5 Å². The third-order valence-electron chi connectivity index (χ3n) is 4.56. The minimum absolute atomic E-state index is 0.137. The summed E-state index contributed by atoms with van der Waals surface area (Å²) < 4.78 is 11.0. The normalized spacial score (nSPS) is 16.6. The summed E-state index contributed by atoms with van der Waals surface area (Å²) in [6.45, 7) is 8.92. The Morgan fingerprint density at radius 3 is 2.55 bits per heavy atom. The second kappa shape index (κ2) is 9.18. The number of amidine groups is 1. The Hall–Kier alpha value is -2.73. The number of rotatable bonds is 6. The van der Waals surface area contributed by atoms with Gasteiger partial charge in [-0.15, -0.1) is 0 Å². The van der Waals surface area contributed by atoms with E-state index < -0.39 is 0 Å². The molecule has 1 amide bonds. The van der Waals surface area contributed by atoms with Crippen molar-refractivity contribution >= 4 is 34.6 Å². The van der Waals surface area contributed by atoms with Crippen LogP contribution in [0, 0.1) is 6.92 Å². The molecule has 6 heteroatoms. The molecule has 0 aliphatic carbocycles. The van der Waals surface area contributed by atoms with Gasteiger partial charge in [0.1, 0.15) is 11.5 Å². The molecule has 1 aliphatic rings. The van der Waals surface area contributed by atoms with Crippen LogP contribution in [0.1, 0.15) is 43.4 Å². The van der Waals surface area contributed by atoms with Gasteiger partial charge in [-0.1, -0.05) is 13.8 Å². The molecule has 0 radical (unpaired) electrons. The Balaban J connectivity index is 1.87. The van der Waals surface area contributed by atoms with Crippen molar-refractivity contribution in [2.75, 3.05) is 13.7 Å². The number of benzene rings is 2. The van der Waals surface area contributed by atoms with Crippen LogP contribution >= 0.6 is 11.8 Å². The predicted molar refractivity (Wildman–Crippen MR) is 120 cm³/mol. The van der Waals surface area contributed by atoms with Crippen LogP contribution < -0.4 is 14.8 Å². The van der Waals surface area contributed by atoms with Gasteiger partial charge in [-0.25, -0.2) is 4.99 Å². The first-order valence-electron chi connectivity index (χ1n) is 9.62. The molecule has 152 valence electrons. The number of amides is 1. The second-order valence-electron chi connectivity index (χ2n) is 7.01. The zero-order valence-electron chi connectivity index (χ0n) is 17.4. The van der Waals surface area contributed by atoms with Crippen molar-refractivity contribution in [2.24, 2.45) is 4.99 Å². The molecule has 0 saturated carbocycles. The average Bonchev–Trinajstić information content (AvgIpc) is 3.03. The van der Waals surface area contributed by atoms with Crippen LogP contribution in [0.4, 0.5) is 5.69 Å². The van der Waals surface area contributed by atoms with Crippen LogP contribution in [0.25, 0.3) is 6.08 Å². The Bertz CT molecular complexity index is 963. The minimum atomic E-state index is -0.137. The van der Waals surface area contributed by atoms with E-state index in [9.17, 15) is 4.79 Å². The maximum Gasteiger partial charge on any atom is 0.264 e. The van der Waals surface area contributed by atoms with E-state index in [0.717, 1.165) is 33.9 Å². The fourth-order valence-corrected chi connectivity index (χ4v) is 3.83. The molecule has 5 nitrogen and oxygen atoms in total. The van der Waals surface area contributed by atoms with E-state index in [2.05, 4.69) is 36.3 Å². The Kier molecular flexibility index (Phi) is 6.64. The number of hydrogen-bond acceptors (Lipinski definition) is 5. The molecular formula is C23H26N2O3S. The number of ether oxygens (including phenoxy) is 2. The summed E-state index contributed by atoms with van der Waals surface area (Å²) in [6, 6.07) is 11.6. The van der Waals surface area contributed by atoms with Gasteiger partial charge in [-0.2, -0.15) is 0 Å². The lowest BCUT2D eigenvalue weighted by Gasteiger charge is -2.16. The molecule has 1 N–H and O–H groups in total. The first kappa shape index (κ1) is 21.0. The number of nitrogens with zero attached hydrogens (tertiary/aromatic N) is 1. The van der Waals surface area contributed by atoms with Crippen LogP contribution in [0.2, 0.25) is 0 Å². The van der Waals surface area contributed by atoms with Crippen molar-refractivity contribution in [1.29, 1.82) is 0 Å². The van der Waals surface area contributed by atoms with Crippen molar-refractivity contribution in [3.8, 4) is 11.5 Å². The molecule has 2 aromatic carbocycles. The van der Waals surface area contributed by atoms with Crippen LogP contribution in [0.15, 0.2) is 46.3 Å². The molecule has 0 bridgehead atoms. The van der Waals surface area contributed by atoms with Crippen molar-refractivity contribution in [3.05, 3.63) is 58.0 Å². The van der Waals surface area contributed by atoms with Gasteiger partial charge in [0, 0.05) is 0 Å². The van der Waals surface area contributed by atoms with Gasteiger partial charge in [-0.05, 0) is 90.7 Å². The Morgan fingerprint density at radius 1 is 1.21 bits per heavy atom. The molecule has 0 spiro atoms. The lowest BCUT2D eigenvalue weighted by molar-refractivity contribution is -0.115. The highest BCUT2D eigenvalue weighted by molar-refractivity contribution is 8.18.